The summed E-state index contributed by atoms with van der Waals surface area (Å²) in [6, 6.07) is 9.90. The number of nitro benzene ring substituents is 1. The summed E-state index contributed by atoms with van der Waals surface area (Å²) in [5.41, 5.74) is 3.28. The molecule has 1 aliphatic rings. The highest BCUT2D eigenvalue weighted by molar-refractivity contribution is 8.18. The van der Waals surface area contributed by atoms with Crippen LogP contribution in [0.25, 0.3) is 6.08 Å². The van der Waals surface area contributed by atoms with Crippen molar-refractivity contribution < 1.29 is 19.2 Å². The summed E-state index contributed by atoms with van der Waals surface area (Å²) in [5.74, 6) is 0.657. The molecule has 0 spiro atoms. The van der Waals surface area contributed by atoms with Gasteiger partial charge in [-0.25, -0.2) is 0 Å². The van der Waals surface area contributed by atoms with Crippen molar-refractivity contribution in [1.29, 1.82) is 0 Å². The lowest BCUT2D eigenvalue weighted by molar-refractivity contribution is -0.384. The predicted octanol–water partition coefficient (Wildman–Crippen LogP) is 5.66. The first-order chi connectivity index (χ1) is 14.7. The molecule has 1 aliphatic heterocycles. The van der Waals surface area contributed by atoms with Gasteiger partial charge in [0.25, 0.3) is 16.8 Å². The van der Waals surface area contributed by atoms with E-state index in [0.717, 1.165) is 39.1 Å². The molecule has 1 saturated heterocycles. The number of aryl methyl sites for hydroxylation is 1. The Hall–Kier alpha value is -3.13. The molecule has 7 nitrogen and oxygen atoms in total. The highest BCUT2D eigenvalue weighted by atomic mass is 32.2. The molecule has 31 heavy (non-hydrogen) atoms. The Bertz CT molecular complexity index is 1080. The van der Waals surface area contributed by atoms with Gasteiger partial charge < -0.3 is 4.74 Å². The molecule has 0 aliphatic carbocycles. The van der Waals surface area contributed by atoms with Crippen LogP contribution in [0.2, 0.25) is 0 Å². The van der Waals surface area contributed by atoms with Gasteiger partial charge in [0.2, 0.25) is 0 Å². The molecule has 0 unspecified atom stereocenters. The molecule has 2 aromatic rings. The Morgan fingerprint density at radius 3 is 2.61 bits per heavy atom. The van der Waals surface area contributed by atoms with Crippen molar-refractivity contribution in [3.63, 3.8) is 0 Å². The second-order valence-corrected chi connectivity index (χ2v) is 8.52. The fourth-order valence-electron chi connectivity index (χ4n) is 3.33. The molecule has 2 amide bonds. The van der Waals surface area contributed by atoms with Crippen LogP contribution in [0.5, 0.6) is 5.75 Å². The molecular formula is C23H24N2O5S. The number of ether oxygens (including phenoxy) is 1. The molecule has 0 atom stereocenters. The van der Waals surface area contributed by atoms with Crippen molar-refractivity contribution in [2.75, 3.05) is 6.61 Å². The number of nitro groups is 1. The first kappa shape index (κ1) is 22.6. The number of nitrogens with zero attached hydrogens (tertiary/aromatic N) is 2. The third-order valence-electron chi connectivity index (χ3n) is 4.94. The van der Waals surface area contributed by atoms with Crippen LogP contribution in [0, 0.1) is 17.0 Å². The summed E-state index contributed by atoms with van der Waals surface area (Å²) >= 11 is 0.877. The molecule has 1 heterocycles. The van der Waals surface area contributed by atoms with Crippen LogP contribution in [0.1, 0.15) is 48.9 Å². The summed E-state index contributed by atoms with van der Waals surface area (Å²) in [7, 11) is 0. The van der Waals surface area contributed by atoms with Gasteiger partial charge in [0.05, 0.1) is 23.0 Å². The lowest BCUT2D eigenvalue weighted by atomic mass is 9.96. The summed E-state index contributed by atoms with van der Waals surface area (Å²) in [6.07, 6.45) is 1.73. The zero-order chi connectivity index (χ0) is 22.7. The monoisotopic (exact) mass is 440 g/mol. The SMILES string of the molecule is CCOc1cc(C)c(/C=C2/SC(=O)N(Cc3cccc([N+](=O)[O-])c3)C2=O)cc1C(C)C. The van der Waals surface area contributed by atoms with Crippen LogP contribution in [-0.2, 0) is 11.3 Å². The number of amides is 2. The van der Waals surface area contributed by atoms with Gasteiger partial charge in [-0.15, -0.1) is 0 Å². The lowest BCUT2D eigenvalue weighted by Gasteiger charge is -2.16. The molecule has 8 heteroatoms. The number of imide groups is 1. The maximum Gasteiger partial charge on any atom is 0.293 e. The number of hydrogen-bond donors (Lipinski definition) is 0. The van der Waals surface area contributed by atoms with Crippen molar-refractivity contribution in [2.24, 2.45) is 0 Å². The fraction of sp³-hybridized carbons (Fsp3) is 0.304. The van der Waals surface area contributed by atoms with Crippen molar-refractivity contribution >= 4 is 34.7 Å². The van der Waals surface area contributed by atoms with Crippen molar-refractivity contribution in [2.45, 2.75) is 40.2 Å². The minimum absolute atomic E-state index is 0.0107. The first-order valence-corrected chi connectivity index (χ1v) is 10.8. The number of benzene rings is 2. The largest absolute Gasteiger partial charge is 0.494 e. The number of thioether (sulfide) groups is 1. The quantitative estimate of drug-likeness (QED) is 0.313. The van der Waals surface area contributed by atoms with Crippen LogP contribution in [0.3, 0.4) is 0 Å². The Labute approximate surface area is 185 Å². The van der Waals surface area contributed by atoms with Crippen LogP contribution in [0.15, 0.2) is 41.3 Å². The molecule has 0 radical (unpaired) electrons. The minimum Gasteiger partial charge on any atom is -0.494 e. The normalized spacial score (nSPS) is 15.3. The van der Waals surface area contributed by atoms with Crippen molar-refractivity contribution in [3.05, 3.63) is 73.7 Å². The summed E-state index contributed by atoms with van der Waals surface area (Å²) in [6.45, 7) is 8.57. The average molecular weight is 441 g/mol. The third kappa shape index (κ3) is 4.96. The number of rotatable bonds is 7. The van der Waals surface area contributed by atoms with E-state index >= 15 is 0 Å². The van der Waals surface area contributed by atoms with E-state index in [2.05, 4.69) is 13.8 Å². The van der Waals surface area contributed by atoms with Gasteiger partial charge in [-0.2, -0.15) is 0 Å². The van der Waals surface area contributed by atoms with E-state index in [4.69, 9.17) is 4.74 Å². The minimum atomic E-state index is -0.502. The Kier molecular flexibility index (Phi) is 6.80. The standard InChI is InChI=1S/C23H24N2O5S/c1-5-30-20-9-15(4)17(11-19(20)14(2)3)12-21-22(26)24(23(27)31-21)13-16-7-6-8-18(10-16)25(28)29/h6-12,14H,5,13H2,1-4H3/b21-12+. The number of non-ortho nitro benzene ring substituents is 1. The van der Waals surface area contributed by atoms with E-state index in [0.29, 0.717) is 17.1 Å². The Morgan fingerprint density at radius 1 is 1.23 bits per heavy atom. The van der Waals surface area contributed by atoms with E-state index < -0.39 is 16.1 Å². The molecule has 0 aromatic heterocycles. The second kappa shape index (κ2) is 9.34. The van der Waals surface area contributed by atoms with Crippen LogP contribution >= 0.6 is 11.8 Å². The zero-order valence-corrected chi connectivity index (χ0v) is 18.7. The molecule has 0 saturated carbocycles. The molecule has 3 rings (SSSR count). The Balaban J connectivity index is 1.89. The Morgan fingerprint density at radius 2 is 1.97 bits per heavy atom. The van der Waals surface area contributed by atoms with Crippen LogP contribution < -0.4 is 4.74 Å². The van der Waals surface area contributed by atoms with Gasteiger partial charge in [-0.1, -0.05) is 26.0 Å². The zero-order valence-electron chi connectivity index (χ0n) is 17.9. The van der Waals surface area contributed by atoms with E-state index in [-0.39, 0.29) is 18.2 Å². The van der Waals surface area contributed by atoms with Crippen molar-refractivity contribution in [3.8, 4) is 5.75 Å². The molecule has 162 valence electrons. The molecule has 2 aromatic carbocycles. The number of carbonyl (C=O) groups excluding carboxylic acids is 2. The second-order valence-electron chi connectivity index (χ2n) is 7.53. The number of carbonyl (C=O) groups is 2. The average Bonchev–Trinajstić information content (AvgIpc) is 2.97. The highest BCUT2D eigenvalue weighted by Crippen LogP contribution is 2.36. The van der Waals surface area contributed by atoms with Gasteiger partial charge in [0.1, 0.15) is 5.75 Å². The summed E-state index contributed by atoms with van der Waals surface area (Å²) in [4.78, 5) is 37.3. The van der Waals surface area contributed by atoms with Gasteiger partial charge in [-0.3, -0.25) is 24.6 Å². The molecule has 0 N–H and O–H groups in total. The summed E-state index contributed by atoms with van der Waals surface area (Å²) in [5, 5.41) is 10.6. The van der Waals surface area contributed by atoms with Gasteiger partial charge >= 0.3 is 0 Å². The lowest BCUT2D eigenvalue weighted by Crippen LogP contribution is -2.27. The maximum atomic E-state index is 12.9. The van der Waals surface area contributed by atoms with E-state index in [9.17, 15) is 19.7 Å². The smallest absolute Gasteiger partial charge is 0.293 e. The van der Waals surface area contributed by atoms with Crippen molar-refractivity contribution in [1.82, 2.24) is 4.90 Å². The molecule has 0 bridgehead atoms. The fourth-order valence-corrected chi connectivity index (χ4v) is 4.16. The van der Waals surface area contributed by atoms with E-state index in [1.54, 1.807) is 18.2 Å². The molecular weight excluding hydrogens is 416 g/mol. The van der Waals surface area contributed by atoms with Gasteiger partial charge in [0, 0.05) is 12.1 Å². The van der Waals surface area contributed by atoms with E-state index in [1.807, 2.05) is 26.0 Å². The summed E-state index contributed by atoms with van der Waals surface area (Å²) < 4.78 is 5.75. The van der Waals surface area contributed by atoms with Gasteiger partial charge in [0.15, 0.2) is 0 Å². The maximum absolute atomic E-state index is 12.9. The third-order valence-corrected chi connectivity index (χ3v) is 5.85. The first-order valence-electron chi connectivity index (χ1n) is 9.97. The van der Waals surface area contributed by atoms with E-state index in [1.165, 1.54) is 12.1 Å². The highest BCUT2D eigenvalue weighted by Gasteiger charge is 2.35. The number of hydrogen-bond acceptors (Lipinski definition) is 6. The van der Waals surface area contributed by atoms with Gasteiger partial charge in [-0.05, 0) is 72.0 Å². The predicted molar refractivity (Wildman–Crippen MR) is 121 cm³/mol. The topological polar surface area (TPSA) is 89.8 Å². The van der Waals surface area contributed by atoms with Crippen LogP contribution in [0.4, 0.5) is 10.5 Å². The van der Waals surface area contributed by atoms with Crippen LogP contribution in [-0.4, -0.2) is 27.6 Å². The molecule has 1 fully saturated rings.